The first kappa shape index (κ1) is 20.3. The lowest BCUT2D eigenvalue weighted by Gasteiger charge is -2.15. The van der Waals surface area contributed by atoms with Crippen molar-refractivity contribution in [3.05, 3.63) is 35.2 Å². The number of benzene rings is 1. The Bertz CT molecular complexity index is 828. The van der Waals surface area contributed by atoms with Gasteiger partial charge in [-0.2, -0.15) is 0 Å². The maximum atomic E-state index is 12.5. The van der Waals surface area contributed by atoms with E-state index >= 15 is 0 Å². The lowest BCUT2D eigenvalue weighted by atomic mass is 10.1. The van der Waals surface area contributed by atoms with Crippen molar-refractivity contribution in [3.8, 4) is 11.5 Å². The van der Waals surface area contributed by atoms with Crippen LogP contribution in [0.2, 0.25) is 0 Å². The van der Waals surface area contributed by atoms with Crippen LogP contribution in [0.25, 0.3) is 0 Å². The van der Waals surface area contributed by atoms with E-state index in [4.69, 9.17) is 18.7 Å². The highest BCUT2D eigenvalue weighted by atomic mass is 16.5. The van der Waals surface area contributed by atoms with E-state index in [1.165, 1.54) is 21.1 Å². The number of rotatable bonds is 7. The number of methoxy groups -OCH3 is 2. The zero-order valence-corrected chi connectivity index (χ0v) is 16.3. The highest BCUT2D eigenvalue weighted by Crippen LogP contribution is 2.30. The summed E-state index contributed by atoms with van der Waals surface area (Å²) < 4.78 is 20.8. The molecule has 8 heteroatoms. The fraction of sp³-hybridized carbons (Fsp3) is 0.421. The molecular formula is C19H24N2O6. The van der Waals surface area contributed by atoms with Crippen molar-refractivity contribution in [1.29, 1.82) is 0 Å². The number of carbonyl (C=O) groups excluding carboxylic acids is 2. The van der Waals surface area contributed by atoms with Gasteiger partial charge in [0.05, 0.1) is 19.9 Å². The van der Waals surface area contributed by atoms with Gasteiger partial charge < -0.3 is 24.1 Å². The van der Waals surface area contributed by atoms with Crippen molar-refractivity contribution < 1.29 is 28.3 Å². The maximum absolute atomic E-state index is 12.5. The summed E-state index contributed by atoms with van der Waals surface area (Å²) in [7, 11) is 3.03. The van der Waals surface area contributed by atoms with Crippen LogP contribution in [-0.2, 0) is 9.53 Å². The monoisotopic (exact) mass is 376 g/mol. The standard InChI is InChI=1S/C19H24N2O6/c1-10(2)17-16(11(3)21-27-17)19(23)26-12(4)18(22)20-13-7-8-14(24-5)15(9-13)25-6/h7-10,12H,1-6H3,(H,20,22)/t12-/m1/s1. The van der Waals surface area contributed by atoms with Crippen molar-refractivity contribution in [3.63, 3.8) is 0 Å². The number of ether oxygens (including phenoxy) is 3. The van der Waals surface area contributed by atoms with Gasteiger partial charge in [0.2, 0.25) is 0 Å². The van der Waals surface area contributed by atoms with E-state index in [1.807, 2.05) is 13.8 Å². The van der Waals surface area contributed by atoms with Crippen LogP contribution in [0.3, 0.4) is 0 Å². The molecule has 2 rings (SSSR count). The molecule has 1 heterocycles. The Morgan fingerprint density at radius 1 is 1.11 bits per heavy atom. The molecule has 0 radical (unpaired) electrons. The molecule has 0 fully saturated rings. The molecule has 1 aromatic heterocycles. The van der Waals surface area contributed by atoms with Gasteiger partial charge >= 0.3 is 5.97 Å². The van der Waals surface area contributed by atoms with Gasteiger partial charge in [-0.1, -0.05) is 19.0 Å². The van der Waals surface area contributed by atoms with Crippen molar-refractivity contribution in [1.82, 2.24) is 5.16 Å². The van der Waals surface area contributed by atoms with Crippen LogP contribution in [-0.4, -0.2) is 37.4 Å². The summed E-state index contributed by atoms with van der Waals surface area (Å²) >= 11 is 0. The van der Waals surface area contributed by atoms with Gasteiger partial charge in [-0.05, 0) is 26.0 Å². The van der Waals surface area contributed by atoms with Crippen LogP contribution in [0, 0.1) is 6.92 Å². The summed E-state index contributed by atoms with van der Waals surface area (Å²) in [5.74, 6) is 0.290. The van der Waals surface area contributed by atoms with Crippen LogP contribution in [0.5, 0.6) is 11.5 Å². The number of anilines is 1. The predicted octanol–water partition coefficient (Wildman–Crippen LogP) is 3.31. The molecule has 0 aliphatic rings. The molecule has 1 amide bonds. The minimum atomic E-state index is -1.01. The second kappa shape index (κ2) is 8.57. The summed E-state index contributed by atoms with van der Waals surface area (Å²) in [6, 6.07) is 4.95. The van der Waals surface area contributed by atoms with Crippen LogP contribution in [0.4, 0.5) is 5.69 Å². The molecule has 0 unspecified atom stereocenters. The lowest BCUT2D eigenvalue weighted by molar-refractivity contribution is -0.123. The van der Waals surface area contributed by atoms with E-state index in [1.54, 1.807) is 25.1 Å². The van der Waals surface area contributed by atoms with E-state index in [9.17, 15) is 9.59 Å². The van der Waals surface area contributed by atoms with Gasteiger partial charge in [-0.25, -0.2) is 4.79 Å². The van der Waals surface area contributed by atoms with E-state index in [0.29, 0.717) is 28.6 Å². The zero-order chi connectivity index (χ0) is 20.1. The van der Waals surface area contributed by atoms with Gasteiger partial charge in [-0.15, -0.1) is 0 Å². The van der Waals surface area contributed by atoms with E-state index in [-0.39, 0.29) is 11.5 Å². The molecule has 8 nitrogen and oxygen atoms in total. The number of hydrogen-bond acceptors (Lipinski definition) is 7. The molecule has 0 saturated carbocycles. The molecule has 0 aliphatic carbocycles. The Labute approximate surface area is 157 Å². The number of hydrogen-bond donors (Lipinski definition) is 1. The van der Waals surface area contributed by atoms with Gasteiger partial charge in [0, 0.05) is 17.7 Å². The first-order chi connectivity index (χ1) is 12.8. The molecule has 0 spiro atoms. The third-order valence-electron chi connectivity index (χ3n) is 3.92. The average molecular weight is 376 g/mol. The molecule has 1 N–H and O–H groups in total. The summed E-state index contributed by atoms with van der Waals surface area (Å²) in [5, 5.41) is 6.49. The van der Waals surface area contributed by atoms with Crippen molar-refractivity contribution in [2.45, 2.75) is 39.7 Å². The van der Waals surface area contributed by atoms with Crippen LogP contribution >= 0.6 is 0 Å². The zero-order valence-electron chi connectivity index (χ0n) is 16.3. The Morgan fingerprint density at radius 2 is 1.78 bits per heavy atom. The second-order valence-corrected chi connectivity index (χ2v) is 6.27. The number of nitrogens with one attached hydrogen (secondary N) is 1. The number of aryl methyl sites for hydroxylation is 1. The lowest BCUT2D eigenvalue weighted by Crippen LogP contribution is -2.30. The topological polar surface area (TPSA) is 99.9 Å². The van der Waals surface area contributed by atoms with Crippen molar-refractivity contribution in [2.24, 2.45) is 0 Å². The van der Waals surface area contributed by atoms with Crippen LogP contribution < -0.4 is 14.8 Å². The molecule has 0 aliphatic heterocycles. The van der Waals surface area contributed by atoms with Gasteiger partial charge in [0.15, 0.2) is 23.4 Å². The highest BCUT2D eigenvalue weighted by Gasteiger charge is 2.27. The smallest absolute Gasteiger partial charge is 0.344 e. The average Bonchev–Trinajstić information content (AvgIpc) is 3.03. The maximum Gasteiger partial charge on any atom is 0.344 e. The Kier molecular flexibility index (Phi) is 6.44. The molecule has 27 heavy (non-hydrogen) atoms. The molecule has 0 bridgehead atoms. The first-order valence-corrected chi connectivity index (χ1v) is 8.48. The Balaban J connectivity index is 2.08. The van der Waals surface area contributed by atoms with Crippen molar-refractivity contribution in [2.75, 3.05) is 19.5 Å². The number of aromatic nitrogens is 1. The van der Waals surface area contributed by atoms with E-state index in [0.717, 1.165) is 0 Å². The van der Waals surface area contributed by atoms with Gasteiger partial charge in [0.1, 0.15) is 5.56 Å². The molecule has 1 aromatic carbocycles. The molecule has 0 saturated heterocycles. The number of amides is 1. The fourth-order valence-electron chi connectivity index (χ4n) is 2.46. The summed E-state index contributed by atoms with van der Waals surface area (Å²) in [6.45, 7) is 6.90. The SMILES string of the molecule is COc1ccc(NC(=O)[C@@H](C)OC(=O)c2c(C)noc2C(C)C)cc1OC. The van der Waals surface area contributed by atoms with E-state index < -0.39 is 18.0 Å². The van der Waals surface area contributed by atoms with E-state index in [2.05, 4.69) is 10.5 Å². The highest BCUT2D eigenvalue weighted by molar-refractivity contribution is 5.98. The molecule has 2 aromatic rings. The number of esters is 1. The summed E-state index contributed by atoms with van der Waals surface area (Å²) in [6.07, 6.45) is -1.01. The number of nitrogens with zero attached hydrogens (tertiary/aromatic N) is 1. The Morgan fingerprint density at radius 3 is 2.37 bits per heavy atom. The summed E-state index contributed by atoms with van der Waals surface area (Å²) in [5.41, 5.74) is 1.18. The van der Waals surface area contributed by atoms with Crippen molar-refractivity contribution >= 4 is 17.6 Å². The normalized spacial score (nSPS) is 11.8. The predicted molar refractivity (Wildman–Crippen MR) is 98.4 cm³/mol. The summed E-state index contributed by atoms with van der Waals surface area (Å²) in [4.78, 5) is 24.8. The van der Waals surface area contributed by atoms with Crippen LogP contribution in [0.1, 0.15) is 48.5 Å². The minimum absolute atomic E-state index is 0.0374. The quantitative estimate of drug-likeness (QED) is 0.740. The van der Waals surface area contributed by atoms with Crippen LogP contribution in [0.15, 0.2) is 22.7 Å². The molecule has 1 atom stereocenters. The third kappa shape index (κ3) is 4.58. The third-order valence-corrected chi connectivity index (χ3v) is 3.92. The largest absolute Gasteiger partial charge is 0.493 e. The van der Waals surface area contributed by atoms with Gasteiger partial charge in [-0.3, -0.25) is 4.79 Å². The number of carbonyl (C=O) groups is 2. The fourth-order valence-corrected chi connectivity index (χ4v) is 2.46. The molecule has 146 valence electrons. The van der Waals surface area contributed by atoms with Gasteiger partial charge in [0.25, 0.3) is 5.91 Å². The molecular weight excluding hydrogens is 352 g/mol. The minimum Gasteiger partial charge on any atom is -0.493 e. The Hall–Kier alpha value is -3.03. The second-order valence-electron chi connectivity index (χ2n) is 6.27. The first-order valence-electron chi connectivity index (χ1n) is 8.48.